The third kappa shape index (κ3) is 3.80. The third-order valence-electron chi connectivity index (χ3n) is 3.65. The smallest absolute Gasteiger partial charge is 0.368 e. The molecule has 1 heterocycles. The molecular formula is C20H16INO4. The first-order valence-corrected chi connectivity index (χ1v) is 8.90. The summed E-state index contributed by atoms with van der Waals surface area (Å²) in [6, 6.07) is 13.1. The summed E-state index contributed by atoms with van der Waals surface area (Å²) in [7, 11) is 1.57. The van der Waals surface area contributed by atoms with E-state index in [0.29, 0.717) is 29.4 Å². The van der Waals surface area contributed by atoms with Gasteiger partial charge in [0.05, 0.1) is 16.3 Å². The topological polar surface area (TPSA) is 57.1 Å². The first-order chi connectivity index (χ1) is 12.6. The van der Waals surface area contributed by atoms with Gasteiger partial charge >= 0.3 is 5.97 Å². The Morgan fingerprint density at radius 1 is 1.27 bits per heavy atom. The summed E-state index contributed by atoms with van der Waals surface area (Å²) >= 11 is 2.17. The lowest BCUT2D eigenvalue weighted by molar-refractivity contribution is -0.136. The van der Waals surface area contributed by atoms with Crippen LogP contribution in [0.15, 0.2) is 65.8 Å². The number of hydrogen-bond acceptors (Lipinski definition) is 5. The molecule has 0 atom stereocenters. The Balaban J connectivity index is 2.00. The van der Waals surface area contributed by atoms with Crippen LogP contribution >= 0.6 is 22.6 Å². The number of hydrogen-bond donors (Lipinski definition) is 0. The minimum atomic E-state index is -0.482. The lowest BCUT2D eigenvalue weighted by atomic mass is 10.0. The molecular weight excluding hydrogens is 445 g/mol. The molecule has 3 rings (SSSR count). The number of oxime groups is 1. The summed E-state index contributed by atoms with van der Waals surface area (Å²) in [5.41, 5.74) is 2.51. The van der Waals surface area contributed by atoms with Gasteiger partial charge in [0.1, 0.15) is 12.3 Å². The molecule has 0 aliphatic carbocycles. The van der Waals surface area contributed by atoms with Crippen molar-refractivity contribution in [3.8, 4) is 11.5 Å². The summed E-state index contributed by atoms with van der Waals surface area (Å²) in [5, 5.41) is 3.92. The zero-order chi connectivity index (χ0) is 18.5. The van der Waals surface area contributed by atoms with Crippen molar-refractivity contribution in [1.29, 1.82) is 0 Å². The summed E-state index contributed by atoms with van der Waals surface area (Å²) < 4.78 is 11.9. The van der Waals surface area contributed by atoms with Gasteiger partial charge < -0.3 is 14.3 Å². The number of rotatable bonds is 6. The van der Waals surface area contributed by atoms with Crippen LogP contribution < -0.4 is 9.47 Å². The van der Waals surface area contributed by atoms with E-state index >= 15 is 0 Å². The van der Waals surface area contributed by atoms with Crippen LogP contribution in [0.25, 0.3) is 6.08 Å². The van der Waals surface area contributed by atoms with Gasteiger partial charge in [0.15, 0.2) is 11.5 Å². The number of carbonyl (C=O) groups is 1. The van der Waals surface area contributed by atoms with Gasteiger partial charge in [-0.1, -0.05) is 48.1 Å². The van der Waals surface area contributed by atoms with E-state index in [4.69, 9.17) is 14.3 Å². The molecule has 6 heteroatoms. The lowest BCUT2D eigenvalue weighted by Gasteiger charge is -2.12. The van der Waals surface area contributed by atoms with Crippen molar-refractivity contribution >= 4 is 40.3 Å². The number of methoxy groups -OCH3 is 1. The van der Waals surface area contributed by atoms with Gasteiger partial charge in [-0.05, 0) is 46.4 Å². The quantitative estimate of drug-likeness (QED) is 0.280. The molecule has 0 radical (unpaired) electrons. The number of carbonyl (C=O) groups excluding carboxylic acids is 1. The van der Waals surface area contributed by atoms with Crippen molar-refractivity contribution in [2.45, 2.75) is 0 Å². The third-order valence-corrected chi connectivity index (χ3v) is 4.45. The fourth-order valence-electron chi connectivity index (χ4n) is 2.49. The Morgan fingerprint density at radius 2 is 2.04 bits per heavy atom. The van der Waals surface area contributed by atoms with E-state index in [1.165, 1.54) is 0 Å². The first-order valence-electron chi connectivity index (χ1n) is 7.82. The van der Waals surface area contributed by atoms with Crippen LogP contribution in [-0.2, 0) is 9.63 Å². The van der Waals surface area contributed by atoms with E-state index in [0.717, 1.165) is 14.7 Å². The standard InChI is InChI=1S/C20H16INO4/c1-3-9-25-19-16(21)11-13(12-17(19)24-2)10-15-18(22-26-20(15)23)14-7-5-4-6-8-14/h3-8,10-12H,1,9H2,2H3/b15-10-. The van der Waals surface area contributed by atoms with Gasteiger partial charge in [-0.3, -0.25) is 0 Å². The summed E-state index contributed by atoms with van der Waals surface area (Å²) in [6.07, 6.45) is 3.41. The highest BCUT2D eigenvalue weighted by Gasteiger charge is 2.27. The second kappa shape index (κ2) is 8.18. The zero-order valence-electron chi connectivity index (χ0n) is 14.1. The van der Waals surface area contributed by atoms with Crippen LogP contribution in [0.5, 0.6) is 11.5 Å². The summed E-state index contributed by atoms with van der Waals surface area (Å²) in [6.45, 7) is 4.03. The molecule has 0 aromatic heterocycles. The SMILES string of the molecule is C=CCOc1c(I)cc(/C=C2\C(=O)ON=C2c2ccccc2)cc1OC. The molecule has 0 N–H and O–H groups in total. The van der Waals surface area contributed by atoms with E-state index in [-0.39, 0.29) is 0 Å². The van der Waals surface area contributed by atoms with Crippen molar-refractivity contribution in [1.82, 2.24) is 0 Å². The monoisotopic (exact) mass is 461 g/mol. The Morgan fingerprint density at radius 3 is 2.73 bits per heavy atom. The molecule has 1 aliphatic rings. The molecule has 0 unspecified atom stereocenters. The van der Waals surface area contributed by atoms with E-state index in [1.807, 2.05) is 42.5 Å². The van der Waals surface area contributed by atoms with Crippen molar-refractivity contribution in [2.24, 2.45) is 5.16 Å². The highest BCUT2D eigenvalue weighted by molar-refractivity contribution is 14.1. The Bertz CT molecular complexity index is 904. The molecule has 0 fully saturated rings. The van der Waals surface area contributed by atoms with Gasteiger partial charge in [-0.25, -0.2) is 4.79 Å². The fraction of sp³-hybridized carbons (Fsp3) is 0.100. The van der Waals surface area contributed by atoms with Crippen LogP contribution in [0.1, 0.15) is 11.1 Å². The second-order valence-electron chi connectivity index (χ2n) is 5.38. The van der Waals surface area contributed by atoms with E-state index in [1.54, 1.807) is 19.3 Å². The highest BCUT2D eigenvalue weighted by atomic mass is 127. The van der Waals surface area contributed by atoms with Crippen molar-refractivity contribution < 1.29 is 19.1 Å². The predicted molar refractivity (Wildman–Crippen MR) is 108 cm³/mol. The number of ether oxygens (including phenoxy) is 2. The molecule has 0 saturated carbocycles. The molecule has 132 valence electrons. The maximum absolute atomic E-state index is 12.1. The van der Waals surface area contributed by atoms with E-state index in [9.17, 15) is 4.79 Å². The summed E-state index contributed by atoms with van der Waals surface area (Å²) in [5.74, 6) is 0.737. The molecule has 0 amide bonds. The van der Waals surface area contributed by atoms with Crippen molar-refractivity contribution in [3.63, 3.8) is 0 Å². The average molecular weight is 461 g/mol. The normalized spacial score (nSPS) is 14.8. The van der Waals surface area contributed by atoms with Gasteiger partial charge in [0.25, 0.3) is 0 Å². The number of halogens is 1. The van der Waals surface area contributed by atoms with E-state index < -0.39 is 5.97 Å². The van der Waals surface area contributed by atoms with Gasteiger partial charge in [-0.15, -0.1) is 0 Å². The van der Waals surface area contributed by atoms with Crippen LogP contribution in [0, 0.1) is 3.57 Å². The summed E-state index contributed by atoms with van der Waals surface area (Å²) in [4.78, 5) is 17.0. The average Bonchev–Trinajstić information content (AvgIpc) is 3.01. The maximum atomic E-state index is 12.1. The zero-order valence-corrected chi connectivity index (χ0v) is 16.2. The Labute approximate surface area is 165 Å². The maximum Gasteiger partial charge on any atom is 0.368 e. The second-order valence-corrected chi connectivity index (χ2v) is 6.54. The molecule has 1 aliphatic heterocycles. The fourth-order valence-corrected chi connectivity index (χ4v) is 3.27. The lowest BCUT2D eigenvalue weighted by Crippen LogP contribution is -2.07. The van der Waals surface area contributed by atoms with E-state index in [2.05, 4.69) is 34.3 Å². The molecule has 0 saturated heterocycles. The van der Waals surface area contributed by atoms with Crippen LogP contribution in [0.4, 0.5) is 0 Å². The van der Waals surface area contributed by atoms with Crippen molar-refractivity contribution in [2.75, 3.05) is 13.7 Å². The Hall–Kier alpha value is -2.61. The molecule has 0 spiro atoms. The van der Waals surface area contributed by atoms with Crippen LogP contribution in [0.3, 0.4) is 0 Å². The number of nitrogens with zero attached hydrogens (tertiary/aromatic N) is 1. The number of benzene rings is 2. The molecule has 2 aromatic carbocycles. The van der Waals surface area contributed by atoms with Crippen LogP contribution in [-0.4, -0.2) is 25.4 Å². The van der Waals surface area contributed by atoms with Gasteiger partial charge in [-0.2, -0.15) is 0 Å². The largest absolute Gasteiger partial charge is 0.493 e. The molecule has 5 nitrogen and oxygen atoms in total. The predicted octanol–water partition coefficient (Wildman–Crippen LogP) is 4.21. The van der Waals surface area contributed by atoms with Crippen molar-refractivity contribution in [3.05, 3.63) is 75.4 Å². The molecule has 2 aromatic rings. The molecule has 26 heavy (non-hydrogen) atoms. The molecule has 0 bridgehead atoms. The Kier molecular flexibility index (Phi) is 5.72. The first kappa shape index (κ1) is 18.2. The minimum Gasteiger partial charge on any atom is -0.493 e. The van der Waals surface area contributed by atoms with Gasteiger partial charge in [0, 0.05) is 5.56 Å². The van der Waals surface area contributed by atoms with Crippen LogP contribution in [0.2, 0.25) is 0 Å². The van der Waals surface area contributed by atoms with Gasteiger partial charge in [0.2, 0.25) is 0 Å². The highest BCUT2D eigenvalue weighted by Crippen LogP contribution is 2.35. The minimum absolute atomic E-state index is 0.379.